The van der Waals surface area contributed by atoms with Crippen molar-refractivity contribution in [2.24, 2.45) is 0 Å². The molecular weight excluding hydrogens is 288 g/mol. The normalized spacial score (nSPS) is 12.3. The van der Waals surface area contributed by atoms with E-state index in [1.165, 1.54) is 11.3 Å². The Hall–Kier alpha value is -1.14. The molecule has 1 aromatic rings. The Morgan fingerprint density at radius 1 is 1.29 bits per heavy atom. The Bertz CT molecular complexity index is 469. The quantitative estimate of drug-likeness (QED) is 0.747. The molecule has 1 N–H and O–H groups in total. The summed E-state index contributed by atoms with van der Waals surface area (Å²) in [6, 6.07) is 0. The largest absolute Gasteiger partial charge is 0.465 e. The van der Waals surface area contributed by atoms with Crippen molar-refractivity contribution in [2.45, 2.75) is 52.6 Å². The minimum atomic E-state index is -0.734. The van der Waals surface area contributed by atoms with E-state index in [2.05, 4.69) is 10.3 Å². The standard InChI is InChI=1S/C15H26N2O3S/c1-7-19-12(18)15(5,6)11-9-21-13(17-11)16-10-14(3,4)20-8-2/h9H,7-8,10H2,1-6H3,(H,16,17). The van der Waals surface area contributed by atoms with Gasteiger partial charge in [0, 0.05) is 18.5 Å². The van der Waals surface area contributed by atoms with Crippen molar-refractivity contribution >= 4 is 22.4 Å². The molecule has 0 aliphatic carbocycles. The number of carbonyl (C=O) groups excluding carboxylic acids is 1. The first kappa shape index (κ1) is 17.9. The summed E-state index contributed by atoms with van der Waals surface area (Å²) in [7, 11) is 0. The van der Waals surface area contributed by atoms with Crippen molar-refractivity contribution in [1.82, 2.24) is 4.98 Å². The van der Waals surface area contributed by atoms with E-state index in [1.54, 1.807) is 6.92 Å². The second-order valence-electron chi connectivity index (χ2n) is 5.93. The summed E-state index contributed by atoms with van der Waals surface area (Å²) < 4.78 is 10.7. The van der Waals surface area contributed by atoms with Crippen LogP contribution in [0.15, 0.2) is 5.38 Å². The van der Waals surface area contributed by atoms with Crippen molar-refractivity contribution in [3.63, 3.8) is 0 Å². The molecule has 5 nitrogen and oxygen atoms in total. The van der Waals surface area contributed by atoms with Crippen molar-refractivity contribution in [3.8, 4) is 0 Å². The highest BCUT2D eigenvalue weighted by atomic mass is 32.1. The molecule has 120 valence electrons. The second-order valence-corrected chi connectivity index (χ2v) is 6.79. The predicted octanol–water partition coefficient (Wildman–Crippen LogP) is 3.21. The van der Waals surface area contributed by atoms with E-state index in [0.717, 1.165) is 10.8 Å². The number of ether oxygens (including phenoxy) is 2. The van der Waals surface area contributed by atoms with E-state index in [0.29, 0.717) is 19.8 Å². The SMILES string of the molecule is CCOC(=O)C(C)(C)c1csc(NCC(C)(C)OCC)n1. The molecule has 0 aromatic carbocycles. The van der Waals surface area contributed by atoms with Gasteiger partial charge in [-0.25, -0.2) is 4.98 Å². The molecule has 0 fully saturated rings. The van der Waals surface area contributed by atoms with Crippen LogP contribution in [0.25, 0.3) is 0 Å². The van der Waals surface area contributed by atoms with Crippen LogP contribution in [0, 0.1) is 0 Å². The van der Waals surface area contributed by atoms with Crippen LogP contribution in [0.1, 0.15) is 47.2 Å². The van der Waals surface area contributed by atoms with E-state index in [-0.39, 0.29) is 11.6 Å². The van der Waals surface area contributed by atoms with Gasteiger partial charge < -0.3 is 14.8 Å². The molecule has 1 rings (SSSR count). The number of nitrogens with zero attached hydrogens (tertiary/aromatic N) is 1. The average Bonchev–Trinajstić information content (AvgIpc) is 2.86. The molecule has 21 heavy (non-hydrogen) atoms. The van der Waals surface area contributed by atoms with Crippen molar-refractivity contribution in [3.05, 3.63) is 11.1 Å². The Morgan fingerprint density at radius 3 is 2.52 bits per heavy atom. The lowest BCUT2D eigenvalue weighted by Gasteiger charge is -2.24. The van der Waals surface area contributed by atoms with Gasteiger partial charge in [0.05, 0.1) is 17.9 Å². The third-order valence-electron chi connectivity index (χ3n) is 3.13. The van der Waals surface area contributed by atoms with Crippen LogP contribution in [0.3, 0.4) is 0 Å². The molecule has 0 unspecified atom stereocenters. The molecule has 0 amide bonds. The summed E-state index contributed by atoms with van der Waals surface area (Å²) in [5.41, 5.74) is -0.262. The van der Waals surface area contributed by atoms with Gasteiger partial charge in [0.15, 0.2) is 5.13 Å². The molecule has 1 heterocycles. The summed E-state index contributed by atoms with van der Waals surface area (Å²) in [4.78, 5) is 16.5. The number of esters is 1. The summed E-state index contributed by atoms with van der Waals surface area (Å²) in [5, 5.41) is 5.95. The van der Waals surface area contributed by atoms with Crippen LogP contribution >= 0.6 is 11.3 Å². The third kappa shape index (κ3) is 4.97. The molecule has 0 radical (unpaired) electrons. The van der Waals surface area contributed by atoms with E-state index < -0.39 is 5.41 Å². The van der Waals surface area contributed by atoms with Gasteiger partial charge in [0.25, 0.3) is 0 Å². The zero-order valence-electron chi connectivity index (χ0n) is 13.8. The highest BCUT2D eigenvalue weighted by Crippen LogP contribution is 2.28. The van der Waals surface area contributed by atoms with Gasteiger partial charge in [0.2, 0.25) is 0 Å². The Labute approximate surface area is 131 Å². The molecule has 0 spiro atoms. The number of rotatable bonds is 8. The lowest BCUT2D eigenvalue weighted by molar-refractivity contribution is -0.148. The lowest BCUT2D eigenvalue weighted by atomic mass is 9.90. The number of thiazole rings is 1. The second kappa shape index (κ2) is 7.22. The van der Waals surface area contributed by atoms with Crippen LogP contribution in [-0.4, -0.2) is 36.3 Å². The number of hydrogen-bond acceptors (Lipinski definition) is 6. The van der Waals surface area contributed by atoms with Crippen molar-refractivity contribution < 1.29 is 14.3 Å². The fourth-order valence-corrected chi connectivity index (χ4v) is 2.67. The summed E-state index contributed by atoms with van der Waals surface area (Å²) in [5.74, 6) is -0.253. The first-order chi connectivity index (χ1) is 9.73. The van der Waals surface area contributed by atoms with Gasteiger partial charge in [-0.2, -0.15) is 0 Å². The van der Waals surface area contributed by atoms with E-state index in [4.69, 9.17) is 9.47 Å². The van der Waals surface area contributed by atoms with Gasteiger partial charge in [-0.05, 0) is 41.5 Å². The van der Waals surface area contributed by atoms with E-state index in [1.807, 2.05) is 40.0 Å². The minimum absolute atomic E-state index is 0.253. The maximum atomic E-state index is 12.0. The highest BCUT2D eigenvalue weighted by molar-refractivity contribution is 7.13. The average molecular weight is 314 g/mol. The number of carbonyl (C=O) groups is 1. The Morgan fingerprint density at radius 2 is 1.95 bits per heavy atom. The van der Waals surface area contributed by atoms with Gasteiger partial charge in [-0.3, -0.25) is 4.79 Å². The van der Waals surface area contributed by atoms with Gasteiger partial charge in [-0.1, -0.05) is 0 Å². The Kier molecular flexibility index (Phi) is 6.16. The molecule has 6 heteroatoms. The van der Waals surface area contributed by atoms with Crippen LogP contribution in [0.4, 0.5) is 5.13 Å². The molecule has 0 atom stereocenters. The number of aromatic nitrogens is 1. The fraction of sp³-hybridized carbons (Fsp3) is 0.733. The Balaban J connectivity index is 2.71. The maximum Gasteiger partial charge on any atom is 0.317 e. The smallest absolute Gasteiger partial charge is 0.317 e. The van der Waals surface area contributed by atoms with Crippen molar-refractivity contribution in [2.75, 3.05) is 25.1 Å². The van der Waals surface area contributed by atoms with Crippen LogP contribution in [0.2, 0.25) is 0 Å². The van der Waals surface area contributed by atoms with E-state index in [9.17, 15) is 4.79 Å². The zero-order valence-corrected chi connectivity index (χ0v) is 14.6. The molecular formula is C15H26N2O3S. The topological polar surface area (TPSA) is 60.5 Å². The lowest BCUT2D eigenvalue weighted by Crippen LogP contribution is -2.33. The summed E-state index contributed by atoms with van der Waals surface area (Å²) >= 11 is 1.49. The molecule has 1 aromatic heterocycles. The number of nitrogens with one attached hydrogen (secondary N) is 1. The number of hydrogen-bond donors (Lipinski definition) is 1. The van der Waals surface area contributed by atoms with Crippen LogP contribution < -0.4 is 5.32 Å². The minimum Gasteiger partial charge on any atom is -0.465 e. The molecule has 0 saturated carbocycles. The maximum absolute atomic E-state index is 12.0. The molecule has 0 aliphatic heterocycles. The van der Waals surface area contributed by atoms with Crippen molar-refractivity contribution in [1.29, 1.82) is 0 Å². The first-order valence-corrected chi connectivity index (χ1v) is 8.12. The monoisotopic (exact) mass is 314 g/mol. The van der Waals surface area contributed by atoms with Crippen LogP contribution in [-0.2, 0) is 19.7 Å². The molecule has 0 aliphatic rings. The number of anilines is 1. The summed E-state index contributed by atoms with van der Waals surface area (Å²) in [6.07, 6.45) is 0. The van der Waals surface area contributed by atoms with E-state index >= 15 is 0 Å². The molecule has 0 saturated heterocycles. The fourth-order valence-electron chi connectivity index (χ4n) is 1.79. The van der Waals surface area contributed by atoms with Gasteiger partial charge in [0.1, 0.15) is 5.41 Å². The first-order valence-electron chi connectivity index (χ1n) is 7.24. The van der Waals surface area contributed by atoms with Gasteiger partial charge in [-0.15, -0.1) is 11.3 Å². The predicted molar refractivity (Wildman–Crippen MR) is 86.0 cm³/mol. The third-order valence-corrected chi connectivity index (χ3v) is 3.93. The summed E-state index contributed by atoms with van der Waals surface area (Å²) in [6.45, 7) is 13.2. The zero-order chi connectivity index (χ0) is 16.1. The highest BCUT2D eigenvalue weighted by Gasteiger charge is 2.34. The van der Waals surface area contributed by atoms with Crippen LogP contribution in [0.5, 0.6) is 0 Å². The molecule has 0 bridgehead atoms. The van der Waals surface area contributed by atoms with Gasteiger partial charge >= 0.3 is 5.97 Å².